The summed E-state index contributed by atoms with van der Waals surface area (Å²) in [4.78, 5) is 19.2. The van der Waals surface area contributed by atoms with Gasteiger partial charge in [0.1, 0.15) is 11.4 Å². The number of rotatable bonds is 6. The van der Waals surface area contributed by atoms with Crippen molar-refractivity contribution in [2.45, 2.75) is 56.6 Å². The van der Waals surface area contributed by atoms with Crippen molar-refractivity contribution in [1.29, 1.82) is 0 Å². The van der Waals surface area contributed by atoms with Crippen molar-refractivity contribution in [2.24, 2.45) is 5.92 Å². The molecule has 2 fully saturated rings. The van der Waals surface area contributed by atoms with Crippen LogP contribution < -0.4 is 10.1 Å². The molecule has 5 rings (SSSR count). The minimum absolute atomic E-state index is 0.148. The molecule has 1 atom stereocenters. The van der Waals surface area contributed by atoms with Crippen LogP contribution in [0.2, 0.25) is 0 Å². The average molecular weight is 406 g/mol. The first-order valence-electron chi connectivity index (χ1n) is 11.4. The molecule has 3 heterocycles. The largest absolute Gasteiger partial charge is 0.487 e. The van der Waals surface area contributed by atoms with Gasteiger partial charge in [0.25, 0.3) is 0 Å². The van der Waals surface area contributed by atoms with E-state index in [9.17, 15) is 4.79 Å². The number of amides is 1. The quantitative estimate of drug-likeness (QED) is 0.792. The predicted molar refractivity (Wildman–Crippen MR) is 116 cm³/mol. The number of hydrogen-bond donors (Lipinski definition) is 1. The summed E-state index contributed by atoms with van der Waals surface area (Å²) in [6.07, 6.45) is 9.76. The number of aromatic nitrogens is 1. The number of piperidine rings is 1. The normalized spacial score (nSPS) is 22.9. The molecule has 1 aliphatic carbocycles. The lowest BCUT2D eigenvalue weighted by Gasteiger charge is -2.47. The molecule has 2 aromatic rings. The van der Waals surface area contributed by atoms with Crippen LogP contribution in [0.4, 0.5) is 0 Å². The molecule has 0 radical (unpaired) electrons. The highest BCUT2D eigenvalue weighted by Crippen LogP contribution is 2.46. The zero-order chi connectivity index (χ0) is 20.4. The summed E-state index contributed by atoms with van der Waals surface area (Å²) in [5.41, 5.74) is 2.36. The number of benzene rings is 1. The van der Waals surface area contributed by atoms with E-state index in [1.165, 1.54) is 24.0 Å². The highest BCUT2D eigenvalue weighted by Gasteiger charge is 2.43. The Bertz CT molecular complexity index is 873. The number of pyridine rings is 1. The lowest BCUT2D eigenvalue weighted by atomic mass is 9.76. The van der Waals surface area contributed by atoms with Crippen molar-refractivity contribution >= 4 is 5.91 Å². The Morgan fingerprint density at radius 2 is 1.90 bits per heavy atom. The molecular weight excluding hydrogens is 374 g/mol. The van der Waals surface area contributed by atoms with E-state index in [-0.39, 0.29) is 17.4 Å². The molecular formula is C25H31N3O2. The smallest absolute Gasteiger partial charge is 0.220 e. The molecule has 30 heavy (non-hydrogen) atoms. The minimum atomic E-state index is -0.148. The Balaban J connectivity index is 1.25. The molecule has 5 heteroatoms. The van der Waals surface area contributed by atoms with E-state index in [2.05, 4.69) is 45.5 Å². The van der Waals surface area contributed by atoms with Crippen molar-refractivity contribution in [3.8, 4) is 5.75 Å². The predicted octanol–water partition coefficient (Wildman–Crippen LogP) is 3.90. The van der Waals surface area contributed by atoms with Gasteiger partial charge < -0.3 is 10.1 Å². The SMILES string of the molecule is O=C(C[C@H]1CC2(CCN(Cc3ccncc3)CC2)Oc2ccccc21)NCC1CC1. The summed E-state index contributed by atoms with van der Waals surface area (Å²) in [5, 5.41) is 3.16. The number of fused-ring (bicyclic) bond motifs is 1. The van der Waals surface area contributed by atoms with Gasteiger partial charge in [-0.25, -0.2) is 0 Å². The molecule has 3 aliphatic rings. The van der Waals surface area contributed by atoms with Crippen LogP contribution in [-0.4, -0.2) is 41.0 Å². The number of hydrogen-bond acceptors (Lipinski definition) is 4. The molecule has 158 valence electrons. The van der Waals surface area contributed by atoms with Crippen molar-refractivity contribution in [3.63, 3.8) is 0 Å². The first-order chi connectivity index (χ1) is 14.7. The number of para-hydroxylation sites is 1. The van der Waals surface area contributed by atoms with Gasteiger partial charge in [-0.2, -0.15) is 0 Å². The van der Waals surface area contributed by atoms with Crippen LogP contribution in [-0.2, 0) is 11.3 Å². The molecule has 0 unspecified atom stereocenters. The van der Waals surface area contributed by atoms with Gasteiger partial charge in [-0.3, -0.25) is 14.7 Å². The maximum absolute atomic E-state index is 12.6. The van der Waals surface area contributed by atoms with Crippen LogP contribution >= 0.6 is 0 Å². The summed E-state index contributed by atoms with van der Waals surface area (Å²) in [6.45, 7) is 3.84. The van der Waals surface area contributed by atoms with Crippen molar-refractivity contribution < 1.29 is 9.53 Å². The molecule has 1 aromatic heterocycles. The van der Waals surface area contributed by atoms with Crippen molar-refractivity contribution in [3.05, 3.63) is 59.9 Å². The fourth-order valence-corrected chi connectivity index (χ4v) is 4.97. The van der Waals surface area contributed by atoms with E-state index in [1.807, 2.05) is 18.5 Å². The van der Waals surface area contributed by atoms with Gasteiger partial charge in [-0.05, 0) is 67.3 Å². The third kappa shape index (κ3) is 4.51. The summed E-state index contributed by atoms with van der Waals surface area (Å²) in [5.74, 6) is 2.12. The summed E-state index contributed by atoms with van der Waals surface area (Å²) >= 11 is 0. The Morgan fingerprint density at radius 3 is 2.67 bits per heavy atom. The van der Waals surface area contributed by atoms with E-state index in [1.54, 1.807) is 0 Å². The first-order valence-corrected chi connectivity index (χ1v) is 11.4. The van der Waals surface area contributed by atoms with Gasteiger partial charge in [-0.1, -0.05) is 18.2 Å². The molecule has 5 nitrogen and oxygen atoms in total. The molecule has 1 N–H and O–H groups in total. The van der Waals surface area contributed by atoms with Gasteiger partial charge in [-0.15, -0.1) is 0 Å². The number of nitrogens with one attached hydrogen (secondary N) is 1. The van der Waals surface area contributed by atoms with Crippen LogP contribution in [0.5, 0.6) is 5.75 Å². The third-order valence-corrected chi connectivity index (χ3v) is 6.94. The van der Waals surface area contributed by atoms with E-state index in [0.29, 0.717) is 12.3 Å². The van der Waals surface area contributed by atoms with E-state index in [4.69, 9.17) is 4.74 Å². The highest BCUT2D eigenvalue weighted by atomic mass is 16.5. The number of likely N-dealkylation sites (tertiary alicyclic amines) is 1. The molecule has 1 saturated heterocycles. The van der Waals surface area contributed by atoms with Crippen LogP contribution in [0.1, 0.15) is 55.6 Å². The van der Waals surface area contributed by atoms with Gasteiger partial charge in [0, 0.05) is 50.9 Å². The minimum Gasteiger partial charge on any atom is -0.487 e. The van der Waals surface area contributed by atoms with Crippen molar-refractivity contribution in [2.75, 3.05) is 19.6 Å². The molecule has 1 saturated carbocycles. The van der Waals surface area contributed by atoms with Crippen LogP contribution in [0.25, 0.3) is 0 Å². The topological polar surface area (TPSA) is 54.5 Å². The Kier molecular flexibility index (Phi) is 5.47. The number of carbonyl (C=O) groups excluding carboxylic acids is 1. The van der Waals surface area contributed by atoms with Crippen LogP contribution in [0.15, 0.2) is 48.8 Å². The first kappa shape index (κ1) is 19.6. The second kappa shape index (κ2) is 8.38. The Hall–Kier alpha value is -2.40. The van der Waals surface area contributed by atoms with Gasteiger partial charge in [0.15, 0.2) is 0 Å². The van der Waals surface area contributed by atoms with Crippen molar-refractivity contribution in [1.82, 2.24) is 15.2 Å². The maximum Gasteiger partial charge on any atom is 0.220 e. The Morgan fingerprint density at radius 1 is 1.13 bits per heavy atom. The molecule has 1 spiro atoms. The van der Waals surface area contributed by atoms with E-state index >= 15 is 0 Å². The molecule has 2 aliphatic heterocycles. The summed E-state index contributed by atoms with van der Waals surface area (Å²) in [6, 6.07) is 12.5. The highest BCUT2D eigenvalue weighted by molar-refractivity contribution is 5.77. The average Bonchev–Trinajstić information content (AvgIpc) is 3.60. The second-order valence-electron chi connectivity index (χ2n) is 9.31. The second-order valence-corrected chi connectivity index (χ2v) is 9.31. The van der Waals surface area contributed by atoms with E-state index < -0.39 is 0 Å². The molecule has 0 bridgehead atoms. The molecule has 1 aromatic carbocycles. The lowest BCUT2D eigenvalue weighted by Crippen LogP contribution is -2.50. The third-order valence-electron chi connectivity index (χ3n) is 6.94. The number of carbonyl (C=O) groups is 1. The van der Waals surface area contributed by atoms with Gasteiger partial charge >= 0.3 is 0 Å². The zero-order valence-electron chi connectivity index (χ0n) is 17.6. The fourth-order valence-electron chi connectivity index (χ4n) is 4.97. The molecule has 1 amide bonds. The standard InChI is InChI=1S/C25H31N3O2/c29-24(27-17-19-5-6-19)15-21-16-25(30-23-4-2-1-3-22(21)23)9-13-28(14-10-25)18-20-7-11-26-12-8-20/h1-4,7-8,11-12,19,21H,5-6,9-10,13-18H2,(H,27,29)/t21-/m0/s1. The van der Waals surface area contributed by atoms with Crippen LogP contribution in [0, 0.1) is 5.92 Å². The lowest BCUT2D eigenvalue weighted by molar-refractivity contribution is -0.122. The number of ether oxygens (including phenoxy) is 1. The maximum atomic E-state index is 12.6. The van der Waals surface area contributed by atoms with Gasteiger partial charge in [0.05, 0.1) is 0 Å². The van der Waals surface area contributed by atoms with E-state index in [0.717, 1.165) is 51.2 Å². The monoisotopic (exact) mass is 405 g/mol. The van der Waals surface area contributed by atoms with Gasteiger partial charge in [0.2, 0.25) is 5.91 Å². The zero-order valence-corrected chi connectivity index (χ0v) is 17.6. The number of nitrogens with zero attached hydrogens (tertiary/aromatic N) is 2. The Labute approximate surface area is 178 Å². The van der Waals surface area contributed by atoms with Crippen LogP contribution in [0.3, 0.4) is 0 Å². The summed E-state index contributed by atoms with van der Waals surface area (Å²) < 4.78 is 6.61. The fraction of sp³-hybridized carbons (Fsp3) is 0.520. The summed E-state index contributed by atoms with van der Waals surface area (Å²) in [7, 11) is 0.